The fourth-order valence-corrected chi connectivity index (χ4v) is 3.80. The van der Waals surface area contributed by atoms with E-state index in [1.807, 2.05) is 18.3 Å². The molecule has 4 rings (SSSR count). The number of imidazole rings is 1. The van der Waals surface area contributed by atoms with Gasteiger partial charge in [-0.1, -0.05) is 0 Å². The summed E-state index contributed by atoms with van der Waals surface area (Å²) in [4.78, 5) is 7.02. The van der Waals surface area contributed by atoms with Crippen LogP contribution >= 0.6 is 0 Å². The molecule has 2 fully saturated rings. The number of aromatic nitrogens is 2. The first kappa shape index (κ1) is 18.5. The minimum Gasteiger partial charge on any atom is -0.494 e. The van der Waals surface area contributed by atoms with Gasteiger partial charge in [0.05, 0.1) is 19.8 Å². The first-order valence-corrected chi connectivity index (χ1v) is 10.0. The molecule has 6 heteroatoms. The van der Waals surface area contributed by atoms with E-state index >= 15 is 0 Å². The van der Waals surface area contributed by atoms with Crippen molar-refractivity contribution >= 4 is 0 Å². The van der Waals surface area contributed by atoms with E-state index in [4.69, 9.17) is 14.2 Å². The van der Waals surface area contributed by atoms with Gasteiger partial charge in [0.1, 0.15) is 11.6 Å². The Balaban J connectivity index is 1.29. The lowest BCUT2D eigenvalue weighted by molar-refractivity contribution is 0.0358. The predicted octanol–water partition coefficient (Wildman–Crippen LogP) is 3.00. The van der Waals surface area contributed by atoms with Crippen LogP contribution in [-0.4, -0.2) is 67.1 Å². The molecule has 0 atom stereocenters. The van der Waals surface area contributed by atoms with Gasteiger partial charge in [0.25, 0.3) is 0 Å². The van der Waals surface area contributed by atoms with Crippen LogP contribution in [0.4, 0.5) is 0 Å². The molecule has 6 nitrogen and oxygen atoms in total. The summed E-state index contributed by atoms with van der Waals surface area (Å²) in [6.45, 7) is 7.26. The SMILES string of the molecule is c1cn(C2CCOCC2)c(-c2ccc(OCCCN3CCOCC3)cc2)n1. The van der Waals surface area contributed by atoms with Crippen LogP contribution in [0.3, 0.4) is 0 Å². The first-order valence-electron chi connectivity index (χ1n) is 10.0. The largest absolute Gasteiger partial charge is 0.494 e. The van der Waals surface area contributed by atoms with E-state index in [1.54, 1.807) is 0 Å². The third-order valence-corrected chi connectivity index (χ3v) is 5.36. The zero-order valence-corrected chi connectivity index (χ0v) is 15.9. The summed E-state index contributed by atoms with van der Waals surface area (Å²) in [6.07, 6.45) is 7.11. The van der Waals surface area contributed by atoms with E-state index < -0.39 is 0 Å². The number of nitrogens with zero attached hydrogens (tertiary/aromatic N) is 3. The zero-order valence-electron chi connectivity index (χ0n) is 15.9. The molecule has 2 saturated heterocycles. The van der Waals surface area contributed by atoms with Crippen molar-refractivity contribution in [2.75, 3.05) is 52.7 Å². The maximum Gasteiger partial charge on any atom is 0.140 e. The van der Waals surface area contributed by atoms with E-state index in [-0.39, 0.29) is 0 Å². The van der Waals surface area contributed by atoms with E-state index in [1.165, 1.54) is 0 Å². The lowest BCUT2D eigenvalue weighted by Crippen LogP contribution is -2.37. The Morgan fingerprint density at radius 1 is 1.00 bits per heavy atom. The van der Waals surface area contributed by atoms with Gasteiger partial charge in [0, 0.05) is 56.8 Å². The van der Waals surface area contributed by atoms with Crippen LogP contribution in [0.2, 0.25) is 0 Å². The van der Waals surface area contributed by atoms with Crippen molar-refractivity contribution in [2.24, 2.45) is 0 Å². The average molecular weight is 371 g/mol. The Morgan fingerprint density at radius 2 is 1.74 bits per heavy atom. The Labute approximate surface area is 161 Å². The highest BCUT2D eigenvalue weighted by Crippen LogP contribution is 2.28. The quantitative estimate of drug-likeness (QED) is 0.700. The van der Waals surface area contributed by atoms with Gasteiger partial charge in [-0.3, -0.25) is 4.90 Å². The van der Waals surface area contributed by atoms with Crippen LogP contribution < -0.4 is 4.74 Å². The van der Waals surface area contributed by atoms with Crippen LogP contribution in [-0.2, 0) is 9.47 Å². The molecule has 0 saturated carbocycles. The van der Waals surface area contributed by atoms with E-state index in [0.717, 1.165) is 89.1 Å². The van der Waals surface area contributed by atoms with Crippen LogP contribution in [0.5, 0.6) is 5.75 Å². The van der Waals surface area contributed by atoms with Crippen LogP contribution in [0.15, 0.2) is 36.7 Å². The Morgan fingerprint density at radius 3 is 2.52 bits per heavy atom. The van der Waals surface area contributed by atoms with Gasteiger partial charge >= 0.3 is 0 Å². The molecule has 1 aromatic heterocycles. The monoisotopic (exact) mass is 371 g/mol. The Hall–Kier alpha value is -1.89. The zero-order chi connectivity index (χ0) is 18.3. The highest BCUT2D eigenvalue weighted by Gasteiger charge is 2.18. The minimum atomic E-state index is 0.479. The van der Waals surface area contributed by atoms with Crippen LogP contribution in [0, 0.1) is 0 Å². The summed E-state index contributed by atoms with van der Waals surface area (Å²) in [6, 6.07) is 8.79. The smallest absolute Gasteiger partial charge is 0.140 e. The van der Waals surface area contributed by atoms with Crippen LogP contribution in [0.1, 0.15) is 25.3 Å². The summed E-state index contributed by atoms with van der Waals surface area (Å²) in [5.74, 6) is 1.95. The number of morpholine rings is 1. The second-order valence-corrected chi connectivity index (χ2v) is 7.18. The summed E-state index contributed by atoms with van der Waals surface area (Å²) >= 11 is 0. The number of rotatable bonds is 7. The van der Waals surface area contributed by atoms with Gasteiger partial charge in [-0.25, -0.2) is 4.98 Å². The van der Waals surface area contributed by atoms with E-state index in [2.05, 4.69) is 32.8 Å². The Kier molecular flexibility index (Phi) is 6.40. The number of ether oxygens (including phenoxy) is 3. The molecule has 27 heavy (non-hydrogen) atoms. The maximum atomic E-state index is 5.91. The number of hydrogen-bond donors (Lipinski definition) is 0. The Bertz CT molecular complexity index is 689. The molecule has 0 radical (unpaired) electrons. The molecular weight excluding hydrogens is 342 g/mol. The van der Waals surface area contributed by atoms with Gasteiger partial charge in [-0.05, 0) is 43.5 Å². The molecule has 0 unspecified atom stereocenters. The molecule has 2 aliphatic rings. The average Bonchev–Trinajstić information content (AvgIpc) is 3.23. The summed E-state index contributed by atoms with van der Waals surface area (Å²) in [5.41, 5.74) is 1.13. The summed E-state index contributed by atoms with van der Waals surface area (Å²) in [7, 11) is 0. The molecule has 2 aliphatic heterocycles. The maximum absolute atomic E-state index is 5.91. The van der Waals surface area contributed by atoms with Gasteiger partial charge in [-0.15, -0.1) is 0 Å². The van der Waals surface area contributed by atoms with Crippen molar-refractivity contribution in [3.8, 4) is 17.1 Å². The van der Waals surface area contributed by atoms with Crippen LogP contribution in [0.25, 0.3) is 11.4 Å². The second kappa shape index (κ2) is 9.35. The molecule has 3 heterocycles. The summed E-state index contributed by atoms with van der Waals surface area (Å²) < 4.78 is 19.1. The predicted molar refractivity (Wildman–Crippen MR) is 104 cm³/mol. The third-order valence-electron chi connectivity index (χ3n) is 5.36. The molecule has 0 N–H and O–H groups in total. The van der Waals surface area contributed by atoms with E-state index in [0.29, 0.717) is 6.04 Å². The molecule has 2 aromatic rings. The second-order valence-electron chi connectivity index (χ2n) is 7.18. The van der Waals surface area contributed by atoms with Crippen molar-refractivity contribution in [1.29, 1.82) is 0 Å². The van der Waals surface area contributed by atoms with Gasteiger partial charge in [-0.2, -0.15) is 0 Å². The molecule has 0 amide bonds. The number of benzene rings is 1. The standard InChI is InChI=1S/C21H29N3O3/c1(9-23-11-16-26-17-12-23)13-27-20-4-2-18(3-5-20)21-22-8-10-24(21)19-6-14-25-15-7-19/h2-5,8,10,19H,1,6-7,9,11-17H2. The van der Waals surface area contributed by atoms with E-state index in [9.17, 15) is 0 Å². The highest BCUT2D eigenvalue weighted by molar-refractivity contribution is 5.57. The third kappa shape index (κ3) is 4.89. The molecule has 1 aromatic carbocycles. The lowest BCUT2D eigenvalue weighted by atomic mass is 10.1. The van der Waals surface area contributed by atoms with Crippen molar-refractivity contribution < 1.29 is 14.2 Å². The molecule has 0 spiro atoms. The fraction of sp³-hybridized carbons (Fsp3) is 0.571. The summed E-state index contributed by atoms with van der Waals surface area (Å²) in [5, 5.41) is 0. The highest BCUT2D eigenvalue weighted by atomic mass is 16.5. The van der Waals surface area contributed by atoms with Crippen molar-refractivity contribution in [1.82, 2.24) is 14.5 Å². The topological polar surface area (TPSA) is 48.8 Å². The number of hydrogen-bond acceptors (Lipinski definition) is 5. The normalized spacial score (nSPS) is 19.3. The van der Waals surface area contributed by atoms with Crippen molar-refractivity contribution in [3.05, 3.63) is 36.7 Å². The van der Waals surface area contributed by atoms with Gasteiger partial charge < -0.3 is 18.8 Å². The molecule has 146 valence electrons. The lowest BCUT2D eigenvalue weighted by Gasteiger charge is -2.26. The van der Waals surface area contributed by atoms with Gasteiger partial charge in [0.15, 0.2) is 0 Å². The first-order chi connectivity index (χ1) is 13.4. The van der Waals surface area contributed by atoms with Gasteiger partial charge in [0.2, 0.25) is 0 Å². The fourth-order valence-electron chi connectivity index (χ4n) is 3.80. The molecule has 0 bridgehead atoms. The molecule has 0 aliphatic carbocycles. The van der Waals surface area contributed by atoms with Crippen molar-refractivity contribution in [2.45, 2.75) is 25.3 Å². The molecular formula is C21H29N3O3. The minimum absolute atomic E-state index is 0.479. The van der Waals surface area contributed by atoms with Crippen molar-refractivity contribution in [3.63, 3.8) is 0 Å².